The number of unbranched alkanes of at least 4 members (excludes halogenated alkanes) is 1. The molecule has 0 saturated heterocycles. The van der Waals surface area contributed by atoms with Crippen molar-refractivity contribution < 1.29 is 9.53 Å². The van der Waals surface area contributed by atoms with Crippen molar-refractivity contribution in [3.05, 3.63) is 22.4 Å². The Morgan fingerprint density at radius 3 is 2.80 bits per heavy atom. The van der Waals surface area contributed by atoms with Gasteiger partial charge in [-0.2, -0.15) is 0 Å². The van der Waals surface area contributed by atoms with E-state index >= 15 is 0 Å². The molecule has 0 atom stereocenters. The number of ether oxygens (including phenoxy) is 1. The van der Waals surface area contributed by atoms with E-state index in [1.165, 1.54) is 12.0 Å². The molecule has 0 amide bonds. The number of rotatable bonds is 7. The zero-order valence-corrected chi connectivity index (χ0v) is 15.0. The summed E-state index contributed by atoms with van der Waals surface area (Å²) in [6, 6.07) is 4.12. The smallest absolute Gasteiger partial charge is 0.305 e. The topological polar surface area (TPSA) is 62.7 Å². The van der Waals surface area contributed by atoms with Crippen molar-refractivity contribution in [3.8, 4) is 0 Å². The first kappa shape index (κ1) is 19.2. The number of nitrogens with zero attached hydrogens (tertiary/aromatic N) is 1. The zero-order valence-electron chi connectivity index (χ0n) is 11.8. The Balaban J connectivity index is 0.00000361. The monoisotopic (exact) mass is 411 g/mol. The number of hydrogen-bond acceptors (Lipinski definition) is 4. The molecule has 0 radical (unpaired) electrons. The van der Waals surface area contributed by atoms with Gasteiger partial charge < -0.3 is 15.4 Å². The molecule has 0 unspecified atom stereocenters. The molecule has 1 aromatic heterocycles. The van der Waals surface area contributed by atoms with Gasteiger partial charge in [-0.25, -0.2) is 0 Å². The van der Waals surface area contributed by atoms with Crippen LogP contribution in [0.3, 0.4) is 0 Å². The predicted molar refractivity (Wildman–Crippen MR) is 93.8 cm³/mol. The van der Waals surface area contributed by atoms with E-state index in [4.69, 9.17) is 0 Å². The quantitative estimate of drug-likeness (QED) is 0.238. The van der Waals surface area contributed by atoms with E-state index in [9.17, 15) is 4.79 Å². The fraction of sp³-hybridized carbons (Fsp3) is 0.538. The van der Waals surface area contributed by atoms with Crippen LogP contribution in [-0.4, -0.2) is 32.6 Å². The van der Waals surface area contributed by atoms with E-state index in [1.807, 2.05) is 6.07 Å². The van der Waals surface area contributed by atoms with Crippen LogP contribution in [0.25, 0.3) is 0 Å². The lowest BCUT2D eigenvalue weighted by Crippen LogP contribution is -2.37. The molecule has 2 N–H and O–H groups in total. The van der Waals surface area contributed by atoms with Crippen molar-refractivity contribution in [2.45, 2.75) is 25.8 Å². The molecule has 1 aromatic rings. The average molecular weight is 411 g/mol. The molecule has 0 aliphatic rings. The molecule has 0 bridgehead atoms. The van der Waals surface area contributed by atoms with Gasteiger partial charge in [0, 0.05) is 24.9 Å². The van der Waals surface area contributed by atoms with E-state index in [0.717, 1.165) is 31.9 Å². The second kappa shape index (κ2) is 12.0. The average Bonchev–Trinajstić information content (AvgIpc) is 2.94. The summed E-state index contributed by atoms with van der Waals surface area (Å²) in [6.45, 7) is 1.57. The number of carbonyl (C=O) groups is 1. The minimum Gasteiger partial charge on any atom is -0.469 e. The maximum absolute atomic E-state index is 10.9. The largest absolute Gasteiger partial charge is 0.469 e. The van der Waals surface area contributed by atoms with Crippen LogP contribution < -0.4 is 10.6 Å². The summed E-state index contributed by atoms with van der Waals surface area (Å²) in [7, 11) is 3.16. The van der Waals surface area contributed by atoms with Crippen LogP contribution in [0.2, 0.25) is 0 Å². The van der Waals surface area contributed by atoms with Gasteiger partial charge in [0.1, 0.15) is 0 Å². The van der Waals surface area contributed by atoms with Crippen molar-refractivity contribution >= 4 is 47.2 Å². The van der Waals surface area contributed by atoms with Gasteiger partial charge in [-0.05, 0) is 24.3 Å². The standard InChI is InChI=1S/C13H21N3O2S.HI/c1-14-13(16-10-11-6-5-9-19-11)15-8-4-3-7-12(17)18-2;/h5-6,9H,3-4,7-8,10H2,1-2H3,(H2,14,15,16);1H. The molecule has 0 aliphatic heterocycles. The lowest BCUT2D eigenvalue weighted by atomic mass is 10.2. The highest BCUT2D eigenvalue weighted by Gasteiger charge is 2.01. The molecule has 1 heterocycles. The van der Waals surface area contributed by atoms with Crippen LogP contribution in [0.1, 0.15) is 24.1 Å². The Kier molecular flexibility index (Phi) is 11.5. The van der Waals surface area contributed by atoms with Crippen molar-refractivity contribution in [1.82, 2.24) is 10.6 Å². The van der Waals surface area contributed by atoms with Crippen LogP contribution in [0.15, 0.2) is 22.5 Å². The number of methoxy groups -OCH3 is 1. The number of hydrogen-bond donors (Lipinski definition) is 2. The summed E-state index contributed by atoms with van der Waals surface area (Å²) in [5, 5.41) is 8.51. The summed E-state index contributed by atoms with van der Waals surface area (Å²) in [5.41, 5.74) is 0. The lowest BCUT2D eigenvalue weighted by molar-refractivity contribution is -0.140. The molecule has 1 rings (SSSR count). The van der Waals surface area contributed by atoms with E-state index in [-0.39, 0.29) is 29.9 Å². The third-order valence-corrected chi connectivity index (χ3v) is 3.44. The second-order valence-corrected chi connectivity index (χ2v) is 5.00. The van der Waals surface area contributed by atoms with Gasteiger partial charge in [0.25, 0.3) is 0 Å². The fourth-order valence-electron chi connectivity index (χ4n) is 1.51. The molecule has 7 heteroatoms. The maximum atomic E-state index is 10.9. The highest BCUT2D eigenvalue weighted by Crippen LogP contribution is 2.07. The highest BCUT2D eigenvalue weighted by molar-refractivity contribution is 14.0. The number of nitrogens with one attached hydrogen (secondary N) is 2. The molecular formula is C13H22IN3O2S. The van der Waals surface area contributed by atoms with Crippen molar-refractivity contribution in [2.75, 3.05) is 20.7 Å². The van der Waals surface area contributed by atoms with E-state index in [1.54, 1.807) is 18.4 Å². The molecule has 0 aliphatic carbocycles. The number of carbonyl (C=O) groups excluding carboxylic acids is 1. The Morgan fingerprint density at radius 1 is 1.40 bits per heavy atom. The predicted octanol–water partition coefficient (Wildman–Crippen LogP) is 2.37. The van der Waals surface area contributed by atoms with Crippen LogP contribution in [0.4, 0.5) is 0 Å². The molecule has 20 heavy (non-hydrogen) atoms. The maximum Gasteiger partial charge on any atom is 0.305 e. The fourth-order valence-corrected chi connectivity index (χ4v) is 2.15. The van der Waals surface area contributed by atoms with Crippen molar-refractivity contribution in [3.63, 3.8) is 0 Å². The third kappa shape index (κ3) is 8.36. The summed E-state index contributed by atoms with van der Waals surface area (Å²) < 4.78 is 4.58. The first-order valence-electron chi connectivity index (χ1n) is 6.30. The van der Waals surface area contributed by atoms with Crippen LogP contribution in [-0.2, 0) is 16.1 Å². The lowest BCUT2D eigenvalue weighted by Gasteiger charge is -2.10. The van der Waals surface area contributed by atoms with E-state index in [2.05, 4.69) is 31.8 Å². The Hall–Kier alpha value is -0.830. The van der Waals surface area contributed by atoms with Gasteiger partial charge in [-0.15, -0.1) is 35.3 Å². The van der Waals surface area contributed by atoms with Gasteiger partial charge in [-0.1, -0.05) is 6.07 Å². The molecular weight excluding hydrogens is 389 g/mol. The summed E-state index contributed by atoms with van der Waals surface area (Å²) >= 11 is 1.72. The summed E-state index contributed by atoms with van der Waals surface area (Å²) in [5.74, 6) is 0.631. The van der Waals surface area contributed by atoms with Gasteiger partial charge >= 0.3 is 5.97 Å². The molecule has 0 saturated carbocycles. The minimum atomic E-state index is -0.153. The number of halogens is 1. The normalized spacial score (nSPS) is 10.6. The minimum absolute atomic E-state index is 0. The number of thiophene rings is 1. The van der Waals surface area contributed by atoms with Crippen molar-refractivity contribution in [1.29, 1.82) is 0 Å². The van der Waals surface area contributed by atoms with Crippen LogP contribution >= 0.6 is 35.3 Å². The van der Waals surface area contributed by atoms with Crippen LogP contribution in [0, 0.1) is 0 Å². The number of aliphatic imine (C=N–C) groups is 1. The summed E-state index contributed by atoms with van der Waals surface area (Å²) in [4.78, 5) is 16.3. The molecule has 5 nitrogen and oxygen atoms in total. The van der Waals surface area contributed by atoms with Gasteiger partial charge in [0.15, 0.2) is 5.96 Å². The summed E-state index contributed by atoms with van der Waals surface area (Å²) in [6.07, 6.45) is 2.20. The zero-order chi connectivity index (χ0) is 13.9. The van der Waals surface area contributed by atoms with Gasteiger partial charge in [0.2, 0.25) is 0 Å². The first-order valence-corrected chi connectivity index (χ1v) is 7.18. The Bertz CT molecular complexity index is 396. The third-order valence-electron chi connectivity index (χ3n) is 2.56. The van der Waals surface area contributed by atoms with E-state index in [0.29, 0.717) is 6.42 Å². The second-order valence-electron chi connectivity index (χ2n) is 3.97. The number of esters is 1. The molecule has 0 fully saturated rings. The van der Waals surface area contributed by atoms with Gasteiger partial charge in [-0.3, -0.25) is 9.79 Å². The Morgan fingerprint density at radius 2 is 2.20 bits per heavy atom. The van der Waals surface area contributed by atoms with Crippen molar-refractivity contribution in [2.24, 2.45) is 4.99 Å². The van der Waals surface area contributed by atoms with E-state index < -0.39 is 0 Å². The number of guanidine groups is 1. The molecule has 114 valence electrons. The van der Waals surface area contributed by atoms with Gasteiger partial charge in [0.05, 0.1) is 13.7 Å². The highest BCUT2D eigenvalue weighted by atomic mass is 127. The van der Waals surface area contributed by atoms with Crippen LogP contribution in [0.5, 0.6) is 0 Å². The SMILES string of the molecule is CN=C(NCCCCC(=O)OC)NCc1cccs1.I. The molecule has 0 aromatic carbocycles. The first-order chi connectivity index (χ1) is 9.26. The Labute approximate surface area is 141 Å². The molecule has 0 spiro atoms.